The van der Waals surface area contributed by atoms with Crippen LogP contribution in [0.5, 0.6) is 17.2 Å². The number of carbonyl (C=O) groups excluding carboxylic acids is 3. The molecule has 0 aromatic heterocycles. The van der Waals surface area contributed by atoms with Crippen molar-refractivity contribution in [2.75, 3.05) is 33.3 Å². The average molecular weight is 526 g/mol. The number of carbonyl (C=O) groups is 3. The van der Waals surface area contributed by atoms with E-state index < -0.39 is 29.4 Å². The zero-order valence-electron chi connectivity index (χ0n) is 22.0. The summed E-state index contributed by atoms with van der Waals surface area (Å²) >= 11 is 0. The van der Waals surface area contributed by atoms with Crippen LogP contribution in [0.1, 0.15) is 37.8 Å². The largest absolute Gasteiger partial charge is 0.493 e. The molecule has 1 spiro atoms. The number of ketones is 2. The van der Waals surface area contributed by atoms with Gasteiger partial charge in [0.25, 0.3) is 0 Å². The first-order valence-corrected chi connectivity index (χ1v) is 12.6. The number of benzene rings is 3. The molecular weight excluding hydrogens is 498 g/mol. The van der Waals surface area contributed by atoms with Crippen LogP contribution in [0.15, 0.2) is 66.7 Å². The van der Waals surface area contributed by atoms with E-state index in [1.807, 2.05) is 41.3 Å². The molecule has 2 aliphatic heterocycles. The van der Waals surface area contributed by atoms with E-state index in [-0.39, 0.29) is 17.3 Å². The molecule has 3 atom stereocenters. The summed E-state index contributed by atoms with van der Waals surface area (Å²) in [5.74, 6) is -1.23. The van der Waals surface area contributed by atoms with Gasteiger partial charge in [0.1, 0.15) is 11.5 Å². The minimum Gasteiger partial charge on any atom is -0.493 e. The van der Waals surface area contributed by atoms with Crippen molar-refractivity contribution in [3.05, 3.63) is 89.0 Å². The molecule has 0 saturated carbocycles. The predicted octanol–water partition coefficient (Wildman–Crippen LogP) is 4.32. The van der Waals surface area contributed by atoms with E-state index in [2.05, 4.69) is 0 Å². The number of fused-ring (bicyclic) bond motifs is 5. The molecule has 8 nitrogen and oxygen atoms in total. The van der Waals surface area contributed by atoms with E-state index in [9.17, 15) is 14.4 Å². The topological polar surface area (TPSA) is 91.4 Å². The van der Waals surface area contributed by atoms with Crippen LogP contribution in [0.2, 0.25) is 0 Å². The number of nitrogens with zero attached hydrogens (tertiary/aromatic N) is 1. The summed E-state index contributed by atoms with van der Waals surface area (Å²) in [5, 5.41) is 0. The second kappa shape index (κ2) is 9.01. The Morgan fingerprint density at radius 1 is 0.795 bits per heavy atom. The first kappa shape index (κ1) is 24.7. The third kappa shape index (κ3) is 3.08. The van der Waals surface area contributed by atoms with E-state index in [0.29, 0.717) is 28.2 Å². The van der Waals surface area contributed by atoms with Gasteiger partial charge in [0.15, 0.2) is 23.1 Å². The highest BCUT2D eigenvalue weighted by Crippen LogP contribution is 2.62. The van der Waals surface area contributed by atoms with Gasteiger partial charge < -0.3 is 23.8 Å². The summed E-state index contributed by atoms with van der Waals surface area (Å²) in [6.07, 6.45) is 3.76. The maximum absolute atomic E-state index is 14.6. The molecule has 3 aromatic carbocycles. The van der Waals surface area contributed by atoms with E-state index in [0.717, 1.165) is 11.3 Å². The Morgan fingerprint density at radius 2 is 1.44 bits per heavy atom. The third-order valence-corrected chi connectivity index (χ3v) is 8.23. The van der Waals surface area contributed by atoms with Gasteiger partial charge in [-0.3, -0.25) is 9.59 Å². The molecule has 0 N–H and O–H groups in total. The van der Waals surface area contributed by atoms with Crippen LogP contribution in [-0.4, -0.2) is 58.1 Å². The van der Waals surface area contributed by atoms with Gasteiger partial charge in [-0.15, -0.1) is 0 Å². The molecule has 6 rings (SSSR count). The Balaban J connectivity index is 1.72. The normalized spacial score (nSPS) is 21.8. The van der Waals surface area contributed by atoms with Gasteiger partial charge in [0, 0.05) is 28.3 Å². The summed E-state index contributed by atoms with van der Waals surface area (Å²) < 4.78 is 22.3. The fourth-order valence-corrected chi connectivity index (χ4v) is 6.72. The van der Waals surface area contributed by atoms with Crippen LogP contribution in [-0.2, 0) is 9.53 Å². The van der Waals surface area contributed by atoms with Gasteiger partial charge in [-0.2, -0.15) is 0 Å². The van der Waals surface area contributed by atoms with Crippen molar-refractivity contribution in [3.63, 3.8) is 0 Å². The summed E-state index contributed by atoms with van der Waals surface area (Å²) in [6, 6.07) is 16.1. The zero-order valence-corrected chi connectivity index (χ0v) is 22.0. The van der Waals surface area contributed by atoms with Gasteiger partial charge in [-0.05, 0) is 17.7 Å². The van der Waals surface area contributed by atoms with Crippen molar-refractivity contribution in [1.29, 1.82) is 0 Å². The average Bonchev–Trinajstić information content (AvgIpc) is 3.41. The van der Waals surface area contributed by atoms with Gasteiger partial charge in [-0.25, -0.2) is 4.79 Å². The lowest BCUT2D eigenvalue weighted by molar-refractivity contribution is -0.142. The van der Waals surface area contributed by atoms with E-state index in [1.54, 1.807) is 36.4 Å². The van der Waals surface area contributed by atoms with E-state index in [4.69, 9.17) is 18.9 Å². The van der Waals surface area contributed by atoms with Gasteiger partial charge in [0.05, 0.1) is 34.5 Å². The lowest BCUT2D eigenvalue weighted by Gasteiger charge is -2.36. The highest BCUT2D eigenvalue weighted by molar-refractivity contribution is 6.32. The molecule has 198 valence electrons. The predicted molar refractivity (Wildman–Crippen MR) is 144 cm³/mol. The number of hydrogen-bond donors (Lipinski definition) is 0. The van der Waals surface area contributed by atoms with Crippen LogP contribution in [0.4, 0.5) is 5.69 Å². The molecule has 8 heteroatoms. The molecule has 1 fully saturated rings. The highest BCUT2D eigenvalue weighted by Gasteiger charge is 2.72. The lowest BCUT2D eigenvalue weighted by Crippen LogP contribution is -2.48. The maximum Gasteiger partial charge on any atom is 0.329 e. The minimum atomic E-state index is -1.67. The van der Waals surface area contributed by atoms with Crippen molar-refractivity contribution < 1.29 is 33.3 Å². The van der Waals surface area contributed by atoms with Gasteiger partial charge in [0.2, 0.25) is 5.75 Å². The minimum absolute atomic E-state index is 0.281. The Kier molecular flexibility index (Phi) is 5.71. The quantitative estimate of drug-likeness (QED) is 0.359. The Labute approximate surface area is 225 Å². The third-order valence-electron chi connectivity index (χ3n) is 8.23. The fourth-order valence-electron chi connectivity index (χ4n) is 6.72. The number of ether oxygens (including phenoxy) is 4. The van der Waals surface area contributed by atoms with Crippen LogP contribution in [0.3, 0.4) is 0 Å². The summed E-state index contributed by atoms with van der Waals surface area (Å²) in [4.78, 5) is 44.8. The Hall–Kier alpha value is -4.59. The number of methoxy groups -OCH3 is 4. The molecule has 0 unspecified atom stereocenters. The monoisotopic (exact) mass is 525 g/mol. The smallest absolute Gasteiger partial charge is 0.329 e. The number of para-hydroxylation sites is 1. The molecule has 2 heterocycles. The maximum atomic E-state index is 14.6. The molecule has 3 aliphatic rings. The molecule has 0 amide bonds. The Bertz CT molecular complexity index is 1520. The molecule has 0 radical (unpaired) electrons. The van der Waals surface area contributed by atoms with Crippen molar-refractivity contribution >= 4 is 29.3 Å². The molecule has 1 aliphatic carbocycles. The van der Waals surface area contributed by atoms with Crippen LogP contribution in [0.25, 0.3) is 6.08 Å². The molecular formula is C31H27NO7. The first-order valence-electron chi connectivity index (χ1n) is 12.6. The summed E-state index contributed by atoms with van der Waals surface area (Å²) in [5.41, 5.74) is 1.08. The number of anilines is 1. The number of Topliss-reactive ketones (excluding diaryl/α,β-unsaturated/α-hetero) is 2. The number of hydrogen-bond acceptors (Lipinski definition) is 8. The standard InChI is InChI=1S/C31H27NO7/c1-36-22-15-14-20(26(37-2)27(22)38-3)24-25(30(35)39-4)32-21-12-8-5-9-17(21)13-16-23(32)31(24)28(33)18-10-6-7-11-19(18)29(31)34/h5-16,23-25H,1-4H3/t23-,24+,25-/m1/s1. The van der Waals surface area contributed by atoms with E-state index >= 15 is 0 Å². The molecule has 39 heavy (non-hydrogen) atoms. The first-order chi connectivity index (χ1) is 18.9. The van der Waals surface area contributed by atoms with Gasteiger partial charge in [-0.1, -0.05) is 60.7 Å². The summed E-state index contributed by atoms with van der Waals surface area (Å²) in [7, 11) is 5.78. The molecule has 1 saturated heterocycles. The second-order valence-electron chi connectivity index (χ2n) is 9.71. The van der Waals surface area contributed by atoms with Crippen molar-refractivity contribution in [2.45, 2.75) is 18.0 Å². The number of esters is 1. The zero-order chi connectivity index (χ0) is 27.5. The highest BCUT2D eigenvalue weighted by atomic mass is 16.5. The van der Waals surface area contributed by atoms with E-state index in [1.165, 1.54) is 28.4 Å². The Morgan fingerprint density at radius 3 is 2.05 bits per heavy atom. The lowest BCUT2D eigenvalue weighted by atomic mass is 9.64. The molecule has 0 bridgehead atoms. The van der Waals surface area contributed by atoms with Crippen LogP contribution >= 0.6 is 0 Å². The second-order valence-corrected chi connectivity index (χ2v) is 9.71. The SMILES string of the molecule is COC(=O)[C@H]1[C@H](c2ccc(OC)c(OC)c2OC)C2(C(=O)c3ccccc3C2=O)[C@H]2C=Cc3ccccc3N12. The van der Waals surface area contributed by atoms with Gasteiger partial charge >= 0.3 is 5.97 Å². The summed E-state index contributed by atoms with van der Waals surface area (Å²) in [6.45, 7) is 0. The van der Waals surface area contributed by atoms with Crippen LogP contribution in [0, 0.1) is 5.41 Å². The van der Waals surface area contributed by atoms with Crippen LogP contribution < -0.4 is 19.1 Å². The number of rotatable bonds is 5. The molecule has 3 aromatic rings. The van der Waals surface area contributed by atoms with Crippen molar-refractivity contribution in [3.8, 4) is 17.2 Å². The van der Waals surface area contributed by atoms with Crippen molar-refractivity contribution in [2.24, 2.45) is 5.41 Å². The van der Waals surface area contributed by atoms with Crippen molar-refractivity contribution in [1.82, 2.24) is 0 Å². The fraction of sp³-hybridized carbons (Fsp3) is 0.258.